The van der Waals surface area contributed by atoms with E-state index < -0.39 is 97.5 Å². The summed E-state index contributed by atoms with van der Waals surface area (Å²) in [5.74, 6) is -1.33. The SMILES string of the molecule is CCCCCCCCCCCCCCCCCCC(=O)OC[C@H](COP(=O)(O)OC[C@@H](O)COP(=O)(O)OC[C@@H](COC(=O)CCCCCCCCCCC)OC(=O)CCCCCCCCCCCCC)OC(=O)CCCCCCCCCCCCCCCC(C)C. The van der Waals surface area contributed by atoms with Crippen LogP contribution in [-0.4, -0.2) is 96.7 Å². The minimum atomic E-state index is -4.95. The van der Waals surface area contributed by atoms with Crippen LogP contribution in [0, 0.1) is 5.92 Å². The number of rotatable bonds is 73. The van der Waals surface area contributed by atoms with Crippen molar-refractivity contribution in [2.24, 2.45) is 5.92 Å². The number of aliphatic hydroxyl groups is 1. The molecule has 0 radical (unpaired) electrons. The van der Waals surface area contributed by atoms with Gasteiger partial charge in [0.05, 0.1) is 26.4 Å². The van der Waals surface area contributed by atoms with Gasteiger partial charge in [-0.25, -0.2) is 9.13 Å². The number of hydrogen-bond acceptors (Lipinski definition) is 15. The number of esters is 4. The Hall–Kier alpha value is -1.94. The Morgan fingerprint density at radius 3 is 0.739 bits per heavy atom. The number of ether oxygens (including phenoxy) is 4. The van der Waals surface area contributed by atoms with Crippen LogP contribution in [-0.2, 0) is 65.4 Å². The fourth-order valence-electron chi connectivity index (χ4n) is 11.2. The number of carbonyl (C=O) groups is 4. The molecule has 0 aromatic heterocycles. The molecule has 5 atom stereocenters. The highest BCUT2D eigenvalue weighted by Crippen LogP contribution is 2.45. The predicted octanol–water partition coefficient (Wildman–Crippen LogP) is 21.3. The number of phosphoric acid groups is 2. The molecule has 0 amide bonds. The maximum atomic E-state index is 13.1. The van der Waals surface area contributed by atoms with Gasteiger partial charge in [0.1, 0.15) is 19.3 Å². The lowest BCUT2D eigenvalue weighted by molar-refractivity contribution is -0.161. The molecule has 19 heteroatoms. The van der Waals surface area contributed by atoms with E-state index in [1.165, 1.54) is 205 Å². The molecular formula is C73H142O17P2. The number of phosphoric ester groups is 2. The molecule has 2 unspecified atom stereocenters. The van der Waals surface area contributed by atoms with Gasteiger partial charge in [-0.15, -0.1) is 0 Å². The van der Waals surface area contributed by atoms with E-state index in [-0.39, 0.29) is 25.7 Å². The van der Waals surface area contributed by atoms with Crippen molar-refractivity contribution in [3.05, 3.63) is 0 Å². The number of unbranched alkanes of at least 4 members (excludes halogenated alkanes) is 45. The summed E-state index contributed by atoms with van der Waals surface area (Å²) in [7, 11) is -9.90. The Balaban J connectivity index is 5.22. The Bertz CT molecular complexity index is 1770. The first kappa shape index (κ1) is 90.1. The highest BCUT2D eigenvalue weighted by Gasteiger charge is 2.30. The second-order valence-corrected chi connectivity index (χ2v) is 29.7. The molecule has 0 bridgehead atoms. The van der Waals surface area contributed by atoms with Crippen LogP contribution in [0.15, 0.2) is 0 Å². The maximum absolute atomic E-state index is 13.1. The highest BCUT2D eigenvalue weighted by atomic mass is 31.2. The van der Waals surface area contributed by atoms with Gasteiger partial charge < -0.3 is 33.8 Å². The second kappa shape index (κ2) is 66.3. The van der Waals surface area contributed by atoms with Gasteiger partial charge in [-0.2, -0.15) is 0 Å². The average molecular weight is 1350 g/mol. The predicted molar refractivity (Wildman–Crippen MR) is 372 cm³/mol. The maximum Gasteiger partial charge on any atom is 0.472 e. The molecule has 0 fully saturated rings. The third-order valence-electron chi connectivity index (χ3n) is 17.0. The van der Waals surface area contributed by atoms with Crippen LogP contribution in [0.5, 0.6) is 0 Å². The van der Waals surface area contributed by atoms with Gasteiger partial charge in [-0.05, 0) is 31.6 Å². The van der Waals surface area contributed by atoms with E-state index in [0.717, 1.165) is 95.8 Å². The van der Waals surface area contributed by atoms with Crippen LogP contribution in [0.25, 0.3) is 0 Å². The summed E-state index contributed by atoms with van der Waals surface area (Å²) in [5, 5.41) is 10.6. The monoisotopic (exact) mass is 1350 g/mol. The van der Waals surface area contributed by atoms with Crippen LogP contribution in [0.2, 0.25) is 0 Å². The van der Waals surface area contributed by atoms with Crippen molar-refractivity contribution in [3.8, 4) is 0 Å². The van der Waals surface area contributed by atoms with E-state index >= 15 is 0 Å². The molecule has 0 aromatic carbocycles. The van der Waals surface area contributed by atoms with Crippen LogP contribution < -0.4 is 0 Å². The Labute approximate surface area is 562 Å². The van der Waals surface area contributed by atoms with Gasteiger partial charge in [0, 0.05) is 25.7 Å². The van der Waals surface area contributed by atoms with Gasteiger partial charge in [0.2, 0.25) is 0 Å². The Morgan fingerprint density at radius 1 is 0.293 bits per heavy atom. The zero-order chi connectivity index (χ0) is 67.7. The van der Waals surface area contributed by atoms with Gasteiger partial charge in [-0.3, -0.25) is 37.3 Å². The smallest absolute Gasteiger partial charge is 0.462 e. The number of aliphatic hydroxyl groups excluding tert-OH is 1. The molecular weight excluding hydrogens is 1210 g/mol. The first-order valence-corrected chi connectivity index (χ1v) is 41.1. The van der Waals surface area contributed by atoms with Gasteiger partial charge in [0.15, 0.2) is 12.2 Å². The molecule has 0 saturated heterocycles. The summed E-state index contributed by atoms with van der Waals surface area (Å²) in [6.45, 7) is 7.27. The second-order valence-electron chi connectivity index (χ2n) is 26.8. The molecule has 0 rings (SSSR count). The highest BCUT2D eigenvalue weighted by molar-refractivity contribution is 7.47. The molecule has 0 heterocycles. The van der Waals surface area contributed by atoms with Crippen molar-refractivity contribution >= 4 is 39.5 Å². The number of hydrogen-bond donors (Lipinski definition) is 3. The third kappa shape index (κ3) is 66.7. The van der Waals surface area contributed by atoms with Crippen LogP contribution in [0.1, 0.15) is 381 Å². The zero-order valence-electron chi connectivity index (χ0n) is 59.7. The summed E-state index contributed by atoms with van der Waals surface area (Å²) in [6.07, 6.45) is 54.0. The van der Waals surface area contributed by atoms with E-state index in [1.54, 1.807) is 0 Å². The molecule has 546 valence electrons. The van der Waals surface area contributed by atoms with Gasteiger partial charge in [-0.1, -0.05) is 330 Å². The number of carbonyl (C=O) groups excluding carboxylic acids is 4. The van der Waals surface area contributed by atoms with Crippen LogP contribution in [0.3, 0.4) is 0 Å². The molecule has 0 aliphatic carbocycles. The molecule has 0 aliphatic rings. The summed E-state index contributed by atoms with van der Waals surface area (Å²) in [4.78, 5) is 72.6. The third-order valence-corrected chi connectivity index (χ3v) is 18.9. The fourth-order valence-corrected chi connectivity index (χ4v) is 12.8. The minimum Gasteiger partial charge on any atom is -0.462 e. The lowest BCUT2D eigenvalue weighted by atomic mass is 10.0. The zero-order valence-corrected chi connectivity index (χ0v) is 61.5. The van der Waals surface area contributed by atoms with E-state index in [1.807, 2.05) is 0 Å². The van der Waals surface area contributed by atoms with E-state index in [0.29, 0.717) is 25.7 Å². The quantitative estimate of drug-likeness (QED) is 0.0222. The first-order chi connectivity index (χ1) is 44.5. The normalized spacial score (nSPS) is 14.0. The molecule has 0 saturated carbocycles. The van der Waals surface area contributed by atoms with Crippen LogP contribution >= 0.6 is 15.6 Å². The Kier molecular flexibility index (Phi) is 64.9. The van der Waals surface area contributed by atoms with Gasteiger partial charge >= 0.3 is 39.5 Å². The molecule has 17 nitrogen and oxygen atoms in total. The molecule has 3 N–H and O–H groups in total. The molecule has 92 heavy (non-hydrogen) atoms. The standard InChI is InChI=1S/C73H142O17P2/c1-6-9-12-15-18-21-23-24-25-26-29-33-37-42-47-52-57-71(76)84-63-69(90-73(78)59-54-49-44-39-34-30-27-28-32-36-40-45-50-55-66(4)5)65-88-92(81,82)86-61-67(74)60-85-91(79,80)87-64-68(62-83-70(75)56-51-46-41-35-20-17-14-11-8-3)89-72(77)58-53-48-43-38-31-22-19-16-13-10-7-2/h66-69,74H,6-65H2,1-5H3,(H,79,80)(H,81,82)/t67-,68+,69+/m0/s1. The lowest BCUT2D eigenvalue weighted by Crippen LogP contribution is -2.30. The fraction of sp³-hybridized carbons (Fsp3) is 0.945. The topological polar surface area (TPSA) is 237 Å². The molecule has 0 aromatic rings. The summed E-state index contributed by atoms with van der Waals surface area (Å²) in [6, 6.07) is 0. The largest absolute Gasteiger partial charge is 0.472 e. The average Bonchev–Trinajstić information content (AvgIpc) is 1.71. The van der Waals surface area contributed by atoms with E-state index in [9.17, 15) is 43.2 Å². The summed E-state index contributed by atoms with van der Waals surface area (Å²) >= 11 is 0. The molecule has 0 aliphatic heterocycles. The van der Waals surface area contributed by atoms with E-state index in [4.69, 9.17) is 37.0 Å². The first-order valence-electron chi connectivity index (χ1n) is 38.1. The van der Waals surface area contributed by atoms with Crippen molar-refractivity contribution in [2.45, 2.75) is 400 Å². The molecule has 0 spiro atoms. The van der Waals surface area contributed by atoms with Crippen molar-refractivity contribution in [2.75, 3.05) is 39.6 Å². The van der Waals surface area contributed by atoms with Crippen molar-refractivity contribution in [3.63, 3.8) is 0 Å². The lowest BCUT2D eigenvalue weighted by Gasteiger charge is -2.21. The van der Waals surface area contributed by atoms with Gasteiger partial charge in [0.25, 0.3) is 0 Å². The summed E-state index contributed by atoms with van der Waals surface area (Å²) in [5.41, 5.74) is 0. The van der Waals surface area contributed by atoms with Crippen LogP contribution in [0.4, 0.5) is 0 Å². The summed E-state index contributed by atoms with van der Waals surface area (Å²) < 4.78 is 68.4. The van der Waals surface area contributed by atoms with Crippen molar-refractivity contribution in [1.29, 1.82) is 0 Å². The van der Waals surface area contributed by atoms with E-state index in [2.05, 4.69) is 34.6 Å². The van der Waals surface area contributed by atoms with Crippen molar-refractivity contribution in [1.82, 2.24) is 0 Å². The minimum absolute atomic E-state index is 0.107. The Morgan fingerprint density at radius 2 is 0.500 bits per heavy atom. The van der Waals surface area contributed by atoms with Crippen molar-refractivity contribution < 1.29 is 80.2 Å².